The Hall–Kier alpha value is -2.70. The molecule has 3 N–H and O–H groups in total. The number of thioether (sulfide) groups is 1. The number of rotatable bonds is 4. The van der Waals surface area contributed by atoms with Gasteiger partial charge in [0.25, 0.3) is 0 Å². The van der Waals surface area contributed by atoms with Gasteiger partial charge in [0, 0.05) is 11.0 Å². The maximum atomic E-state index is 12.5. The minimum absolute atomic E-state index is 0.00193. The maximum absolute atomic E-state index is 12.5. The summed E-state index contributed by atoms with van der Waals surface area (Å²) in [5.41, 5.74) is 8.30. The van der Waals surface area contributed by atoms with Crippen LogP contribution in [0.4, 0.5) is 0 Å². The van der Waals surface area contributed by atoms with Gasteiger partial charge in [0.05, 0.1) is 34.1 Å². The molecule has 1 aliphatic carbocycles. The Morgan fingerprint density at radius 2 is 1.78 bits per heavy atom. The molecule has 138 valence electrons. The lowest BCUT2D eigenvalue weighted by molar-refractivity contribution is 0.102. The molecule has 0 saturated heterocycles. The van der Waals surface area contributed by atoms with Crippen molar-refractivity contribution in [3.63, 3.8) is 0 Å². The van der Waals surface area contributed by atoms with E-state index in [4.69, 9.17) is 5.73 Å². The molecular weight excluding hydrogens is 356 g/mol. The molecule has 1 aromatic carbocycles. The molecule has 1 fully saturated rings. The van der Waals surface area contributed by atoms with E-state index in [1.54, 1.807) is 0 Å². The van der Waals surface area contributed by atoms with Crippen LogP contribution in [0.3, 0.4) is 0 Å². The number of benzene rings is 1. The molecule has 0 atom stereocenters. The van der Waals surface area contributed by atoms with Crippen LogP contribution < -0.4 is 11.1 Å². The lowest BCUT2D eigenvalue weighted by Crippen LogP contribution is -2.39. The maximum Gasteiger partial charge on any atom is 0.173 e. The fourth-order valence-corrected chi connectivity index (χ4v) is 4.91. The van der Waals surface area contributed by atoms with Crippen LogP contribution in [-0.2, 0) is 0 Å². The van der Waals surface area contributed by atoms with Crippen molar-refractivity contribution in [3.8, 4) is 12.1 Å². The molecule has 2 aliphatic rings. The summed E-state index contributed by atoms with van der Waals surface area (Å²) in [4.78, 5) is 12.5. The lowest BCUT2D eigenvalue weighted by Gasteiger charge is -2.40. The van der Waals surface area contributed by atoms with Crippen molar-refractivity contribution in [2.45, 2.75) is 39.0 Å². The molecule has 27 heavy (non-hydrogen) atoms. The number of hydrogen-bond donors (Lipinski definition) is 2. The van der Waals surface area contributed by atoms with Crippen LogP contribution in [0, 0.1) is 35.0 Å². The monoisotopic (exact) mass is 378 g/mol. The van der Waals surface area contributed by atoms with E-state index in [1.807, 2.05) is 31.2 Å². The molecule has 1 aromatic rings. The van der Waals surface area contributed by atoms with Crippen molar-refractivity contribution >= 4 is 17.5 Å². The number of nitrogens with one attached hydrogen (secondary N) is 1. The number of Topliss-reactive ketones (excluding diaryl/α,β-unsaturated/α-hetero) is 1. The predicted molar refractivity (Wildman–Crippen MR) is 106 cm³/mol. The molecule has 0 bridgehead atoms. The summed E-state index contributed by atoms with van der Waals surface area (Å²) in [6.45, 7) is 1.98. The number of nitrogens with zero attached hydrogens (tertiary/aromatic N) is 2. The minimum Gasteiger partial charge on any atom is -0.384 e. The van der Waals surface area contributed by atoms with Crippen LogP contribution in [0.15, 0.2) is 46.3 Å². The quantitative estimate of drug-likeness (QED) is 0.771. The third-order valence-corrected chi connectivity index (χ3v) is 6.35. The summed E-state index contributed by atoms with van der Waals surface area (Å²) < 4.78 is 0. The van der Waals surface area contributed by atoms with Crippen LogP contribution >= 0.6 is 11.8 Å². The highest BCUT2D eigenvalue weighted by Crippen LogP contribution is 2.51. The number of carbonyl (C=O) groups is 1. The molecule has 0 aromatic heterocycles. The van der Waals surface area contributed by atoms with Gasteiger partial charge in [-0.2, -0.15) is 10.5 Å². The lowest BCUT2D eigenvalue weighted by atomic mass is 9.64. The number of ketones is 1. The molecule has 1 spiro atoms. The van der Waals surface area contributed by atoms with Gasteiger partial charge in [0.15, 0.2) is 5.78 Å². The van der Waals surface area contributed by atoms with Crippen molar-refractivity contribution < 1.29 is 4.79 Å². The first-order chi connectivity index (χ1) is 13.0. The number of nitriles is 2. The van der Waals surface area contributed by atoms with Gasteiger partial charge < -0.3 is 11.1 Å². The van der Waals surface area contributed by atoms with Gasteiger partial charge >= 0.3 is 0 Å². The van der Waals surface area contributed by atoms with Crippen molar-refractivity contribution in [3.05, 3.63) is 57.4 Å². The van der Waals surface area contributed by atoms with Crippen molar-refractivity contribution in [2.75, 3.05) is 5.75 Å². The van der Waals surface area contributed by atoms with Gasteiger partial charge in [-0.05, 0) is 19.8 Å². The number of aryl methyl sites for hydroxylation is 1. The Morgan fingerprint density at radius 3 is 2.37 bits per heavy atom. The zero-order valence-electron chi connectivity index (χ0n) is 15.3. The summed E-state index contributed by atoms with van der Waals surface area (Å²) in [6, 6.07) is 12.0. The summed E-state index contributed by atoms with van der Waals surface area (Å²) in [7, 11) is 0. The zero-order valence-corrected chi connectivity index (χ0v) is 16.2. The predicted octanol–water partition coefficient (Wildman–Crippen LogP) is 3.89. The fraction of sp³-hybridized carbons (Fsp3) is 0.381. The molecule has 0 unspecified atom stereocenters. The van der Waals surface area contributed by atoms with Crippen LogP contribution in [-0.4, -0.2) is 11.5 Å². The Balaban J connectivity index is 1.87. The van der Waals surface area contributed by atoms with Crippen LogP contribution in [0.25, 0.3) is 0 Å². The fourth-order valence-electron chi connectivity index (χ4n) is 3.90. The number of allylic oxidation sites excluding steroid dienone is 2. The van der Waals surface area contributed by atoms with E-state index in [0.717, 1.165) is 37.7 Å². The minimum atomic E-state index is -0.605. The largest absolute Gasteiger partial charge is 0.384 e. The Bertz CT molecular complexity index is 894. The second kappa shape index (κ2) is 7.90. The van der Waals surface area contributed by atoms with Gasteiger partial charge in [0.2, 0.25) is 0 Å². The summed E-state index contributed by atoms with van der Waals surface area (Å²) in [5.74, 6) is 0.517. The first kappa shape index (κ1) is 19.1. The summed E-state index contributed by atoms with van der Waals surface area (Å²) in [6.07, 6.45) is 4.52. The summed E-state index contributed by atoms with van der Waals surface area (Å²) >= 11 is 1.29. The topological polar surface area (TPSA) is 103 Å². The average molecular weight is 379 g/mol. The molecule has 0 amide bonds. The Labute approximate surface area is 163 Å². The SMILES string of the molecule is Cc1ccc(C(=O)CSC2=C(C#N)C3(CCCCC3)C(C#N)=C(N)N2)cc1. The van der Waals surface area contributed by atoms with Crippen LogP contribution in [0.5, 0.6) is 0 Å². The Morgan fingerprint density at radius 1 is 1.15 bits per heavy atom. The molecule has 3 rings (SSSR count). The van der Waals surface area contributed by atoms with Gasteiger partial charge in [-0.15, -0.1) is 0 Å². The van der Waals surface area contributed by atoms with Crippen molar-refractivity contribution in [1.29, 1.82) is 10.5 Å². The molecule has 1 aliphatic heterocycles. The van der Waals surface area contributed by atoms with E-state index >= 15 is 0 Å². The van der Waals surface area contributed by atoms with E-state index < -0.39 is 5.41 Å². The molecule has 6 heteroatoms. The average Bonchev–Trinajstić information content (AvgIpc) is 2.67. The standard InChI is InChI=1S/C21H22N4OS/c1-14-5-7-15(8-6-14)18(26)13-27-20-17(12-23)21(9-3-2-4-10-21)16(11-22)19(24)25-20/h5-8,25H,2-4,9-10,13,24H2,1H3. The molecule has 1 heterocycles. The zero-order chi connectivity index (χ0) is 19.4. The van der Waals surface area contributed by atoms with E-state index in [2.05, 4.69) is 17.5 Å². The van der Waals surface area contributed by atoms with E-state index in [1.165, 1.54) is 11.8 Å². The molecule has 0 radical (unpaired) electrons. The van der Waals surface area contributed by atoms with Gasteiger partial charge in [-0.1, -0.05) is 60.9 Å². The third kappa shape index (κ3) is 3.59. The van der Waals surface area contributed by atoms with Crippen molar-refractivity contribution in [1.82, 2.24) is 5.32 Å². The molecular formula is C21H22N4OS. The number of carbonyl (C=O) groups excluding carboxylic acids is 1. The second-order valence-electron chi connectivity index (χ2n) is 7.06. The summed E-state index contributed by atoms with van der Waals surface area (Å²) in [5, 5.41) is 23.1. The van der Waals surface area contributed by atoms with Gasteiger partial charge in [-0.3, -0.25) is 4.79 Å². The number of hydrogen-bond acceptors (Lipinski definition) is 6. The second-order valence-corrected chi connectivity index (χ2v) is 8.05. The smallest absolute Gasteiger partial charge is 0.173 e. The van der Waals surface area contributed by atoms with E-state index in [0.29, 0.717) is 27.6 Å². The normalized spacial score (nSPS) is 18.6. The van der Waals surface area contributed by atoms with Gasteiger partial charge in [-0.25, -0.2) is 0 Å². The number of dihydropyridines is 1. The first-order valence-corrected chi connectivity index (χ1v) is 10.1. The highest BCUT2D eigenvalue weighted by atomic mass is 32.2. The highest BCUT2D eigenvalue weighted by molar-refractivity contribution is 8.03. The van der Waals surface area contributed by atoms with E-state index in [9.17, 15) is 15.3 Å². The molecule has 5 nitrogen and oxygen atoms in total. The third-order valence-electron chi connectivity index (χ3n) is 5.35. The molecule has 1 saturated carbocycles. The van der Waals surface area contributed by atoms with Crippen LogP contribution in [0.1, 0.15) is 48.0 Å². The first-order valence-electron chi connectivity index (χ1n) is 9.06. The number of nitrogens with two attached hydrogens (primary N) is 1. The van der Waals surface area contributed by atoms with E-state index in [-0.39, 0.29) is 11.5 Å². The highest BCUT2D eigenvalue weighted by Gasteiger charge is 2.45. The van der Waals surface area contributed by atoms with Crippen molar-refractivity contribution in [2.24, 2.45) is 11.1 Å². The van der Waals surface area contributed by atoms with Gasteiger partial charge in [0.1, 0.15) is 5.82 Å². The van der Waals surface area contributed by atoms with Crippen LogP contribution in [0.2, 0.25) is 0 Å². The Kier molecular flexibility index (Phi) is 5.58.